The molecule has 0 unspecified atom stereocenters. The minimum Gasteiger partial charge on any atom is -0.346 e. The average molecular weight is 297 g/mol. The van der Waals surface area contributed by atoms with E-state index in [0.717, 1.165) is 0 Å². The minimum atomic E-state index is -0.331. The summed E-state index contributed by atoms with van der Waals surface area (Å²) >= 11 is 0. The standard InChI is InChI=1S/C17H13F2N3/c1-2-20-17-11-16(12-4-3-5-14(19)10-12)22(21-17)15-8-6-13(18)7-9-15/h2-11H,1H2,(H,20,21). The molecule has 0 saturated carbocycles. The quantitative estimate of drug-likeness (QED) is 0.775. The topological polar surface area (TPSA) is 29.9 Å². The number of rotatable bonds is 4. The van der Waals surface area contributed by atoms with Crippen LogP contribution in [0, 0.1) is 11.6 Å². The van der Waals surface area contributed by atoms with Crippen LogP contribution in [-0.2, 0) is 0 Å². The largest absolute Gasteiger partial charge is 0.346 e. The molecule has 0 bridgehead atoms. The Balaban J connectivity index is 2.15. The second kappa shape index (κ2) is 5.81. The second-order valence-corrected chi connectivity index (χ2v) is 4.66. The molecule has 3 rings (SSSR count). The summed E-state index contributed by atoms with van der Waals surface area (Å²) in [5.74, 6) is -0.0891. The molecule has 0 aliphatic rings. The number of anilines is 1. The first-order chi connectivity index (χ1) is 10.7. The molecule has 2 aromatic carbocycles. The van der Waals surface area contributed by atoms with E-state index >= 15 is 0 Å². The summed E-state index contributed by atoms with van der Waals surface area (Å²) in [7, 11) is 0. The zero-order chi connectivity index (χ0) is 15.5. The molecule has 0 spiro atoms. The fourth-order valence-corrected chi connectivity index (χ4v) is 2.19. The van der Waals surface area contributed by atoms with Gasteiger partial charge in [-0.1, -0.05) is 18.7 Å². The molecule has 1 N–H and O–H groups in total. The van der Waals surface area contributed by atoms with Crippen LogP contribution in [0.3, 0.4) is 0 Å². The van der Waals surface area contributed by atoms with E-state index in [9.17, 15) is 8.78 Å². The summed E-state index contributed by atoms with van der Waals surface area (Å²) in [5, 5.41) is 7.29. The summed E-state index contributed by atoms with van der Waals surface area (Å²) in [4.78, 5) is 0. The highest BCUT2D eigenvalue weighted by atomic mass is 19.1. The zero-order valence-corrected chi connectivity index (χ0v) is 11.6. The molecule has 0 amide bonds. The molecule has 0 fully saturated rings. The van der Waals surface area contributed by atoms with E-state index in [1.54, 1.807) is 35.0 Å². The van der Waals surface area contributed by atoms with Gasteiger partial charge in [-0.3, -0.25) is 0 Å². The Hall–Kier alpha value is -2.95. The molecular weight excluding hydrogens is 284 g/mol. The van der Waals surface area contributed by atoms with Crippen LogP contribution in [0.5, 0.6) is 0 Å². The van der Waals surface area contributed by atoms with Crippen molar-refractivity contribution in [3.05, 3.63) is 79.0 Å². The van der Waals surface area contributed by atoms with Gasteiger partial charge in [-0.2, -0.15) is 0 Å². The minimum absolute atomic E-state index is 0.326. The van der Waals surface area contributed by atoms with Crippen molar-refractivity contribution in [2.45, 2.75) is 0 Å². The lowest BCUT2D eigenvalue weighted by molar-refractivity contribution is 0.627. The summed E-state index contributed by atoms with van der Waals surface area (Å²) in [6.45, 7) is 3.60. The van der Waals surface area contributed by atoms with Gasteiger partial charge in [0.2, 0.25) is 0 Å². The highest BCUT2D eigenvalue weighted by Gasteiger charge is 2.12. The third-order valence-electron chi connectivity index (χ3n) is 3.15. The Labute approximate surface area is 126 Å². The molecule has 0 aliphatic heterocycles. The molecule has 110 valence electrons. The molecule has 3 nitrogen and oxygen atoms in total. The van der Waals surface area contributed by atoms with E-state index in [1.165, 1.54) is 30.5 Å². The van der Waals surface area contributed by atoms with E-state index in [0.29, 0.717) is 22.8 Å². The molecule has 0 saturated heterocycles. The van der Waals surface area contributed by atoms with Crippen LogP contribution in [0.15, 0.2) is 67.4 Å². The smallest absolute Gasteiger partial charge is 0.153 e. The molecule has 22 heavy (non-hydrogen) atoms. The number of nitrogens with zero attached hydrogens (tertiary/aromatic N) is 2. The van der Waals surface area contributed by atoms with Crippen molar-refractivity contribution in [3.8, 4) is 16.9 Å². The van der Waals surface area contributed by atoms with Gasteiger partial charge in [0.05, 0.1) is 11.4 Å². The normalized spacial score (nSPS) is 10.5. The predicted octanol–water partition coefficient (Wildman–Crippen LogP) is 4.37. The monoisotopic (exact) mass is 297 g/mol. The van der Waals surface area contributed by atoms with Gasteiger partial charge in [0.15, 0.2) is 5.82 Å². The van der Waals surface area contributed by atoms with E-state index in [1.807, 2.05) is 0 Å². The van der Waals surface area contributed by atoms with Crippen LogP contribution < -0.4 is 5.32 Å². The summed E-state index contributed by atoms with van der Waals surface area (Å²) in [6, 6.07) is 13.9. The van der Waals surface area contributed by atoms with Crippen LogP contribution in [0.4, 0.5) is 14.6 Å². The summed E-state index contributed by atoms with van der Waals surface area (Å²) in [5.41, 5.74) is 2.04. The van der Waals surface area contributed by atoms with Gasteiger partial charge in [0.1, 0.15) is 11.6 Å². The van der Waals surface area contributed by atoms with E-state index in [-0.39, 0.29) is 11.6 Å². The van der Waals surface area contributed by atoms with Crippen LogP contribution in [-0.4, -0.2) is 9.78 Å². The Morgan fingerprint density at radius 2 is 1.77 bits per heavy atom. The van der Waals surface area contributed by atoms with Crippen LogP contribution >= 0.6 is 0 Å². The Morgan fingerprint density at radius 1 is 1.00 bits per heavy atom. The van der Waals surface area contributed by atoms with Crippen molar-refractivity contribution in [1.29, 1.82) is 0 Å². The second-order valence-electron chi connectivity index (χ2n) is 4.66. The first-order valence-electron chi connectivity index (χ1n) is 6.67. The van der Waals surface area contributed by atoms with Crippen LogP contribution in [0.2, 0.25) is 0 Å². The van der Waals surface area contributed by atoms with Crippen molar-refractivity contribution < 1.29 is 8.78 Å². The van der Waals surface area contributed by atoms with Gasteiger partial charge in [-0.05, 0) is 42.6 Å². The van der Waals surface area contributed by atoms with Crippen molar-refractivity contribution in [1.82, 2.24) is 9.78 Å². The first kappa shape index (κ1) is 14.0. The van der Waals surface area contributed by atoms with Crippen molar-refractivity contribution >= 4 is 5.82 Å². The lowest BCUT2D eigenvalue weighted by Gasteiger charge is -2.07. The SMILES string of the molecule is C=CNc1cc(-c2cccc(F)c2)n(-c2ccc(F)cc2)n1. The van der Waals surface area contributed by atoms with Crippen LogP contribution in [0.25, 0.3) is 16.9 Å². The number of aromatic nitrogens is 2. The van der Waals surface area contributed by atoms with E-state index in [4.69, 9.17) is 0 Å². The number of nitrogens with one attached hydrogen (secondary N) is 1. The Bertz CT molecular complexity index is 807. The maximum Gasteiger partial charge on any atom is 0.153 e. The van der Waals surface area contributed by atoms with Gasteiger partial charge >= 0.3 is 0 Å². The van der Waals surface area contributed by atoms with Gasteiger partial charge < -0.3 is 5.32 Å². The summed E-state index contributed by atoms with van der Waals surface area (Å²) < 4.78 is 28.2. The number of hydrogen-bond donors (Lipinski definition) is 1. The van der Waals surface area contributed by atoms with E-state index < -0.39 is 0 Å². The van der Waals surface area contributed by atoms with Crippen molar-refractivity contribution in [2.24, 2.45) is 0 Å². The average Bonchev–Trinajstić information content (AvgIpc) is 2.92. The first-order valence-corrected chi connectivity index (χ1v) is 6.67. The number of hydrogen-bond acceptors (Lipinski definition) is 2. The number of halogens is 2. The molecule has 0 aliphatic carbocycles. The van der Waals surface area contributed by atoms with E-state index in [2.05, 4.69) is 17.0 Å². The van der Waals surface area contributed by atoms with Crippen LogP contribution in [0.1, 0.15) is 0 Å². The molecule has 1 aromatic heterocycles. The maximum atomic E-state index is 13.5. The predicted molar refractivity (Wildman–Crippen MR) is 82.7 cm³/mol. The highest BCUT2D eigenvalue weighted by molar-refractivity contribution is 5.66. The molecular formula is C17H13F2N3. The lowest BCUT2D eigenvalue weighted by Crippen LogP contribution is -2.00. The zero-order valence-electron chi connectivity index (χ0n) is 11.6. The van der Waals surface area contributed by atoms with Gasteiger partial charge in [0, 0.05) is 11.6 Å². The summed E-state index contributed by atoms with van der Waals surface area (Å²) in [6.07, 6.45) is 1.51. The Morgan fingerprint density at radius 3 is 2.45 bits per heavy atom. The van der Waals surface area contributed by atoms with Crippen molar-refractivity contribution in [3.63, 3.8) is 0 Å². The number of benzene rings is 2. The molecule has 3 aromatic rings. The molecule has 0 atom stereocenters. The lowest BCUT2D eigenvalue weighted by atomic mass is 10.1. The molecule has 0 radical (unpaired) electrons. The molecule has 5 heteroatoms. The fourth-order valence-electron chi connectivity index (χ4n) is 2.19. The van der Waals surface area contributed by atoms with Gasteiger partial charge in [-0.25, -0.2) is 13.5 Å². The third-order valence-corrected chi connectivity index (χ3v) is 3.15. The third kappa shape index (κ3) is 2.74. The van der Waals surface area contributed by atoms with Crippen molar-refractivity contribution in [2.75, 3.05) is 5.32 Å². The van der Waals surface area contributed by atoms with Gasteiger partial charge in [-0.15, -0.1) is 5.10 Å². The Kier molecular flexibility index (Phi) is 3.70. The fraction of sp³-hybridized carbons (Fsp3) is 0. The molecule has 1 heterocycles. The van der Waals surface area contributed by atoms with Gasteiger partial charge in [0.25, 0.3) is 0 Å². The maximum absolute atomic E-state index is 13.5. The highest BCUT2D eigenvalue weighted by Crippen LogP contribution is 2.26.